The molecule has 1 radical (unpaired) electrons. The topological polar surface area (TPSA) is 37.3 Å². The quantitative estimate of drug-likeness (QED) is 0.373. The van der Waals surface area contributed by atoms with Crippen molar-refractivity contribution in [3.05, 3.63) is 24.0 Å². The van der Waals surface area contributed by atoms with Crippen LogP contribution in [0.15, 0.2) is 24.0 Å². The zero-order valence-corrected chi connectivity index (χ0v) is 12.4. The third-order valence-corrected chi connectivity index (χ3v) is 4.96. The predicted octanol–water partition coefficient (Wildman–Crippen LogP) is 3.79. The summed E-state index contributed by atoms with van der Waals surface area (Å²) in [6.45, 7) is 0. The van der Waals surface area contributed by atoms with Gasteiger partial charge < -0.3 is 5.11 Å². The van der Waals surface area contributed by atoms with Crippen molar-refractivity contribution < 1.29 is 27.0 Å². The van der Waals surface area contributed by atoms with Gasteiger partial charge in [-0.25, -0.2) is 0 Å². The first kappa shape index (κ1) is 14.9. The molecule has 0 aliphatic heterocycles. The SMILES string of the molecule is O=C(/C=C(\O)C1CC2C=CC1C2)C1CCCCC1.[Mn]. The maximum Gasteiger partial charge on any atom is 0.162 e. The summed E-state index contributed by atoms with van der Waals surface area (Å²) in [4.78, 5) is 12.1. The number of fused-ring (bicyclic) bond motifs is 2. The van der Waals surface area contributed by atoms with E-state index in [1.165, 1.54) is 25.7 Å². The zero-order valence-electron chi connectivity index (χ0n) is 11.2. The van der Waals surface area contributed by atoms with Crippen molar-refractivity contribution in [3.63, 3.8) is 0 Å². The second-order valence-corrected chi connectivity index (χ2v) is 6.19. The average Bonchev–Trinajstić information content (AvgIpc) is 3.02. The Morgan fingerprint density at radius 3 is 2.42 bits per heavy atom. The maximum absolute atomic E-state index is 12.1. The molecule has 3 heteroatoms. The number of allylic oxidation sites excluding steroid dienone is 4. The minimum atomic E-state index is 0. The van der Waals surface area contributed by atoms with Crippen molar-refractivity contribution in [1.29, 1.82) is 0 Å². The molecule has 0 spiro atoms. The van der Waals surface area contributed by atoms with E-state index >= 15 is 0 Å². The molecule has 3 aliphatic carbocycles. The summed E-state index contributed by atoms with van der Waals surface area (Å²) in [5, 5.41) is 10.2. The number of hydrogen-bond donors (Lipinski definition) is 1. The normalized spacial score (nSPS) is 34.3. The molecule has 3 rings (SSSR count). The van der Waals surface area contributed by atoms with Gasteiger partial charge in [0.25, 0.3) is 0 Å². The van der Waals surface area contributed by atoms with E-state index < -0.39 is 0 Å². The Morgan fingerprint density at radius 2 is 1.84 bits per heavy atom. The fraction of sp³-hybridized carbons (Fsp3) is 0.688. The Labute approximate surface area is 125 Å². The van der Waals surface area contributed by atoms with E-state index in [0.29, 0.717) is 17.6 Å². The Morgan fingerprint density at radius 1 is 1.11 bits per heavy atom. The van der Waals surface area contributed by atoms with Crippen molar-refractivity contribution in [2.45, 2.75) is 44.9 Å². The minimum absolute atomic E-state index is 0. The van der Waals surface area contributed by atoms with Crippen LogP contribution in [0.25, 0.3) is 0 Å². The van der Waals surface area contributed by atoms with Crippen molar-refractivity contribution in [1.82, 2.24) is 0 Å². The second-order valence-electron chi connectivity index (χ2n) is 6.19. The van der Waals surface area contributed by atoms with Crippen molar-refractivity contribution in [2.24, 2.45) is 23.7 Å². The van der Waals surface area contributed by atoms with Gasteiger partial charge in [-0.15, -0.1) is 0 Å². The van der Waals surface area contributed by atoms with Crippen LogP contribution in [0.4, 0.5) is 0 Å². The first-order valence-corrected chi connectivity index (χ1v) is 7.37. The number of aliphatic hydroxyl groups excluding tert-OH is 1. The second kappa shape index (κ2) is 6.28. The molecule has 105 valence electrons. The van der Waals surface area contributed by atoms with E-state index in [0.717, 1.165) is 19.3 Å². The molecule has 3 atom stereocenters. The van der Waals surface area contributed by atoms with Gasteiger partial charge in [-0.1, -0.05) is 31.4 Å². The smallest absolute Gasteiger partial charge is 0.162 e. The maximum atomic E-state index is 12.1. The fourth-order valence-electron chi connectivity index (χ4n) is 3.88. The van der Waals surface area contributed by atoms with Crippen LogP contribution < -0.4 is 0 Å². The molecule has 2 nitrogen and oxygen atoms in total. The molecule has 3 unspecified atom stereocenters. The summed E-state index contributed by atoms with van der Waals surface area (Å²) in [5.41, 5.74) is 0. The largest absolute Gasteiger partial charge is 0.512 e. The van der Waals surface area contributed by atoms with E-state index in [1.54, 1.807) is 6.08 Å². The van der Waals surface area contributed by atoms with Gasteiger partial charge in [0, 0.05) is 35.0 Å². The van der Waals surface area contributed by atoms with Gasteiger partial charge in [-0.3, -0.25) is 4.79 Å². The van der Waals surface area contributed by atoms with Crippen LogP contribution >= 0.6 is 0 Å². The van der Waals surface area contributed by atoms with Crippen LogP contribution in [-0.4, -0.2) is 10.9 Å². The minimum Gasteiger partial charge on any atom is -0.512 e. The molecule has 19 heavy (non-hydrogen) atoms. The van der Waals surface area contributed by atoms with Crippen LogP contribution in [0.2, 0.25) is 0 Å². The number of carbonyl (C=O) groups excluding carboxylic acids is 1. The molecule has 2 saturated carbocycles. The molecular formula is C16H22MnO2. The zero-order chi connectivity index (χ0) is 12.5. The van der Waals surface area contributed by atoms with Crippen molar-refractivity contribution in [3.8, 4) is 0 Å². The molecule has 0 saturated heterocycles. The van der Waals surface area contributed by atoms with E-state index in [4.69, 9.17) is 0 Å². The number of hydrogen-bond acceptors (Lipinski definition) is 2. The number of aliphatic hydroxyl groups is 1. The summed E-state index contributed by atoms with van der Waals surface area (Å²) in [6.07, 6.45) is 13.8. The number of ketones is 1. The molecule has 0 heterocycles. The molecule has 0 amide bonds. The Bertz CT molecular complexity index is 394. The number of rotatable bonds is 3. The van der Waals surface area contributed by atoms with Crippen molar-refractivity contribution in [2.75, 3.05) is 0 Å². The van der Waals surface area contributed by atoms with E-state index in [9.17, 15) is 9.90 Å². The third kappa shape index (κ3) is 3.14. The third-order valence-electron chi connectivity index (χ3n) is 4.96. The van der Waals surface area contributed by atoms with Gasteiger partial charge in [0.15, 0.2) is 5.78 Å². The van der Waals surface area contributed by atoms with Crippen LogP contribution in [0.3, 0.4) is 0 Å². The molecule has 2 bridgehead atoms. The predicted molar refractivity (Wildman–Crippen MR) is 71.1 cm³/mol. The van der Waals surface area contributed by atoms with E-state index in [2.05, 4.69) is 12.2 Å². The van der Waals surface area contributed by atoms with Gasteiger partial charge in [-0.05, 0) is 37.5 Å². The first-order valence-electron chi connectivity index (χ1n) is 7.37. The van der Waals surface area contributed by atoms with Crippen LogP contribution in [0, 0.1) is 23.7 Å². The summed E-state index contributed by atoms with van der Waals surface area (Å²) >= 11 is 0. The summed E-state index contributed by atoms with van der Waals surface area (Å²) in [6, 6.07) is 0. The molecule has 3 aliphatic rings. The monoisotopic (exact) mass is 301 g/mol. The van der Waals surface area contributed by atoms with Gasteiger partial charge in [-0.2, -0.15) is 0 Å². The summed E-state index contributed by atoms with van der Waals surface area (Å²) in [7, 11) is 0. The van der Waals surface area contributed by atoms with Crippen LogP contribution in [0.5, 0.6) is 0 Å². The van der Waals surface area contributed by atoms with Crippen LogP contribution in [0.1, 0.15) is 44.9 Å². The Balaban J connectivity index is 0.00000133. The molecule has 2 fully saturated rings. The molecule has 0 aromatic carbocycles. The average molecular weight is 301 g/mol. The van der Waals surface area contributed by atoms with Gasteiger partial charge in [0.2, 0.25) is 0 Å². The summed E-state index contributed by atoms with van der Waals surface area (Å²) < 4.78 is 0. The van der Waals surface area contributed by atoms with Gasteiger partial charge in [0.05, 0.1) is 5.76 Å². The molecular weight excluding hydrogens is 279 g/mol. The van der Waals surface area contributed by atoms with Crippen LogP contribution in [-0.2, 0) is 21.9 Å². The molecule has 0 aromatic rings. The molecule has 1 N–H and O–H groups in total. The van der Waals surface area contributed by atoms with Gasteiger partial charge >= 0.3 is 0 Å². The van der Waals surface area contributed by atoms with E-state index in [-0.39, 0.29) is 34.7 Å². The molecule has 0 aromatic heterocycles. The Kier molecular flexibility index (Phi) is 4.91. The van der Waals surface area contributed by atoms with E-state index in [1.807, 2.05) is 0 Å². The fourth-order valence-corrected chi connectivity index (χ4v) is 3.88. The number of carbonyl (C=O) groups is 1. The van der Waals surface area contributed by atoms with Crippen molar-refractivity contribution >= 4 is 5.78 Å². The standard InChI is InChI=1S/C16H22O2.Mn/c17-15(12-4-2-1-3-5-12)10-16(18)14-9-11-6-7-13(14)8-11;/h6-7,10-14,18H,1-5,8-9H2;/b16-10-;. The summed E-state index contributed by atoms with van der Waals surface area (Å²) in [5.74, 6) is 2.02. The van der Waals surface area contributed by atoms with Gasteiger partial charge in [0.1, 0.15) is 0 Å². The Hall–Kier alpha value is -0.531. The first-order chi connectivity index (χ1) is 8.74.